The van der Waals surface area contributed by atoms with Gasteiger partial charge < -0.3 is 6.15 Å². The number of rotatable bonds is 0. The van der Waals surface area contributed by atoms with Gasteiger partial charge in [0.25, 0.3) is 0 Å². The molecule has 0 atom stereocenters. The second kappa shape index (κ2) is 1.67. The Kier molecular flexibility index (Phi) is 1.11. The van der Waals surface area contributed by atoms with Crippen molar-refractivity contribution in [3.8, 4) is 0 Å². The molecule has 2 heteroatoms. The molecule has 0 aromatic heterocycles. The molecular weight excluding hydrogens is 114 g/mol. The predicted octanol–water partition coefficient (Wildman–Crippen LogP) is 1.15. The van der Waals surface area contributed by atoms with Gasteiger partial charge in [-0.05, 0) is 0 Å². The van der Waals surface area contributed by atoms with Gasteiger partial charge in [-0.25, -0.2) is 0 Å². The van der Waals surface area contributed by atoms with Gasteiger partial charge in [-0.3, -0.25) is 4.79 Å². The molecule has 0 unspecified atom stereocenters. The molecule has 2 bridgehead atoms. The molecule has 0 saturated carbocycles. The lowest BCUT2D eigenvalue weighted by atomic mass is 10.2. The molecule has 0 fully saturated rings. The Morgan fingerprint density at radius 1 is 1.00 bits per heavy atom. The van der Waals surface area contributed by atoms with Crippen molar-refractivity contribution in [2.24, 2.45) is 0 Å². The zero-order chi connectivity index (χ0) is 5.56. The van der Waals surface area contributed by atoms with Crippen LogP contribution in [0.5, 0.6) is 0 Å². The van der Waals surface area contributed by atoms with Gasteiger partial charge in [0.2, 0.25) is 0 Å². The zero-order valence-corrected chi connectivity index (χ0v) is 4.92. The molecule has 2 nitrogen and oxygen atoms in total. The van der Waals surface area contributed by atoms with E-state index in [-0.39, 0.29) is 11.9 Å². The number of Topliss-reactive ketones (excluding diaryl/α,β-unsaturated/α-hetero) is 1. The molecule has 2 aliphatic rings. The molecule has 2 aliphatic carbocycles. The van der Waals surface area contributed by atoms with Crippen molar-refractivity contribution in [3.63, 3.8) is 0 Å². The van der Waals surface area contributed by atoms with Gasteiger partial charge in [-0.1, -0.05) is 24.3 Å². The molecule has 46 valence electrons. The van der Waals surface area contributed by atoms with Crippen LogP contribution in [0, 0.1) is 0 Å². The van der Waals surface area contributed by atoms with Crippen LogP contribution in [-0.2, 0) is 4.79 Å². The molecule has 0 aromatic rings. The summed E-state index contributed by atoms with van der Waals surface area (Å²) in [7, 11) is 0. The first-order valence-corrected chi connectivity index (χ1v) is 2.53. The summed E-state index contributed by atoms with van der Waals surface area (Å²) in [5, 5.41) is 0. The Bertz CT molecular complexity index is 222. The largest absolute Gasteiger partial charge is 0.344 e. The summed E-state index contributed by atoms with van der Waals surface area (Å²) < 4.78 is 0. The lowest BCUT2D eigenvalue weighted by molar-refractivity contribution is -0.111. The van der Waals surface area contributed by atoms with Crippen LogP contribution in [0.3, 0.4) is 0 Å². The number of hydrogen-bond donors (Lipinski definition) is 1. The fourth-order valence-corrected chi connectivity index (χ4v) is 0.940. The van der Waals surface area contributed by atoms with Crippen molar-refractivity contribution in [3.05, 3.63) is 35.5 Å². The standard InChI is InChI=1S/C7H4O.H3N/c8-7-5-1-2-6(7)4-3-5;/h1-4H;1H3. The molecule has 0 saturated heterocycles. The van der Waals surface area contributed by atoms with Crippen LogP contribution in [0.4, 0.5) is 0 Å². The van der Waals surface area contributed by atoms with E-state index in [1.807, 2.05) is 24.3 Å². The maximum Gasteiger partial charge on any atom is 0.193 e. The van der Waals surface area contributed by atoms with Gasteiger partial charge in [0.05, 0.1) is 0 Å². The van der Waals surface area contributed by atoms with Crippen LogP contribution in [-0.4, -0.2) is 5.78 Å². The van der Waals surface area contributed by atoms with Crippen LogP contribution >= 0.6 is 0 Å². The average Bonchev–Trinajstić information content (AvgIpc) is 2.29. The van der Waals surface area contributed by atoms with Crippen molar-refractivity contribution in [2.75, 3.05) is 0 Å². The highest BCUT2D eigenvalue weighted by atomic mass is 16.1. The van der Waals surface area contributed by atoms with Gasteiger partial charge in [-0.15, -0.1) is 0 Å². The summed E-state index contributed by atoms with van der Waals surface area (Å²) in [5.41, 5.74) is 1.67. The minimum Gasteiger partial charge on any atom is -0.344 e. The van der Waals surface area contributed by atoms with E-state index < -0.39 is 0 Å². The first-order chi connectivity index (χ1) is 3.88. The fraction of sp³-hybridized carbons (Fsp3) is 0. The number of carbonyl (C=O) groups excluding carboxylic acids is 1. The van der Waals surface area contributed by atoms with E-state index in [0.29, 0.717) is 0 Å². The van der Waals surface area contributed by atoms with Crippen molar-refractivity contribution >= 4 is 5.78 Å². The smallest absolute Gasteiger partial charge is 0.193 e. The van der Waals surface area contributed by atoms with Crippen LogP contribution in [0.1, 0.15) is 0 Å². The van der Waals surface area contributed by atoms with Crippen molar-refractivity contribution in [1.29, 1.82) is 0 Å². The Labute approximate surface area is 53.1 Å². The highest BCUT2D eigenvalue weighted by molar-refractivity contribution is 6.17. The van der Waals surface area contributed by atoms with Crippen LogP contribution in [0.2, 0.25) is 0 Å². The van der Waals surface area contributed by atoms with Crippen LogP contribution < -0.4 is 6.15 Å². The second-order valence-corrected chi connectivity index (χ2v) is 1.91. The van der Waals surface area contributed by atoms with Crippen LogP contribution in [0.15, 0.2) is 35.5 Å². The lowest BCUT2D eigenvalue weighted by Gasteiger charge is -1.78. The molecule has 3 N–H and O–H groups in total. The van der Waals surface area contributed by atoms with E-state index in [0.717, 1.165) is 11.1 Å². The van der Waals surface area contributed by atoms with E-state index in [1.165, 1.54) is 0 Å². The van der Waals surface area contributed by atoms with Gasteiger partial charge in [0.15, 0.2) is 5.78 Å². The minimum atomic E-state index is 0. The Hall–Kier alpha value is -1.15. The summed E-state index contributed by atoms with van der Waals surface area (Å²) in [6.07, 6.45) is 7.38. The molecule has 0 heterocycles. The lowest BCUT2D eigenvalue weighted by Crippen LogP contribution is -1.89. The average molecular weight is 121 g/mol. The Balaban J connectivity index is 0.000000405. The molecule has 0 spiro atoms. The summed E-state index contributed by atoms with van der Waals surface area (Å²) in [5.74, 6) is 0.185. The second-order valence-electron chi connectivity index (χ2n) is 1.91. The third-order valence-corrected chi connectivity index (χ3v) is 1.41. The highest BCUT2D eigenvalue weighted by Gasteiger charge is 2.19. The predicted molar refractivity (Wildman–Crippen MR) is 35.3 cm³/mol. The Morgan fingerprint density at radius 2 is 1.44 bits per heavy atom. The van der Waals surface area contributed by atoms with Gasteiger partial charge in [0, 0.05) is 11.1 Å². The number of hydrogen-bond acceptors (Lipinski definition) is 2. The normalized spacial score (nSPS) is 19.3. The van der Waals surface area contributed by atoms with E-state index >= 15 is 0 Å². The van der Waals surface area contributed by atoms with Crippen molar-refractivity contribution < 1.29 is 4.79 Å². The molecule has 2 rings (SSSR count). The van der Waals surface area contributed by atoms with E-state index in [1.54, 1.807) is 0 Å². The van der Waals surface area contributed by atoms with E-state index in [9.17, 15) is 4.79 Å². The summed E-state index contributed by atoms with van der Waals surface area (Å²) >= 11 is 0. The molecule has 0 aliphatic heterocycles. The van der Waals surface area contributed by atoms with E-state index in [4.69, 9.17) is 0 Å². The molecular formula is C7H7NO. The maximum atomic E-state index is 10.8. The summed E-state index contributed by atoms with van der Waals surface area (Å²) in [6, 6.07) is 0. The third kappa shape index (κ3) is 0.568. The summed E-state index contributed by atoms with van der Waals surface area (Å²) in [6.45, 7) is 0. The minimum absolute atomic E-state index is 0. The molecule has 0 amide bonds. The monoisotopic (exact) mass is 121 g/mol. The third-order valence-electron chi connectivity index (χ3n) is 1.41. The number of fused-ring (bicyclic) bond motifs is 2. The summed E-state index contributed by atoms with van der Waals surface area (Å²) in [4.78, 5) is 10.8. The number of allylic oxidation sites excluding steroid dienone is 6. The topological polar surface area (TPSA) is 52.1 Å². The van der Waals surface area contributed by atoms with Gasteiger partial charge in [-0.2, -0.15) is 0 Å². The molecule has 0 aromatic carbocycles. The quantitative estimate of drug-likeness (QED) is 0.522. The van der Waals surface area contributed by atoms with Gasteiger partial charge in [0.1, 0.15) is 0 Å². The Morgan fingerprint density at radius 3 is 1.56 bits per heavy atom. The van der Waals surface area contributed by atoms with Crippen molar-refractivity contribution in [2.45, 2.75) is 0 Å². The first-order valence-electron chi connectivity index (χ1n) is 2.53. The number of ketones is 1. The zero-order valence-electron chi connectivity index (χ0n) is 4.92. The fourth-order valence-electron chi connectivity index (χ4n) is 0.940. The van der Waals surface area contributed by atoms with Crippen molar-refractivity contribution in [1.82, 2.24) is 6.15 Å². The molecule has 9 heavy (non-hydrogen) atoms. The SMILES string of the molecule is N.O=C1C2=CC=C1C=C2. The number of carbonyl (C=O) groups is 1. The first kappa shape index (κ1) is 5.98. The van der Waals surface area contributed by atoms with Gasteiger partial charge >= 0.3 is 0 Å². The maximum absolute atomic E-state index is 10.8. The molecule has 0 radical (unpaired) electrons. The van der Waals surface area contributed by atoms with E-state index in [2.05, 4.69) is 0 Å². The van der Waals surface area contributed by atoms with Crippen LogP contribution in [0.25, 0.3) is 0 Å². The highest BCUT2D eigenvalue weighted by Crippen LogP contribution is 2.23.